The molecule has 0 aliphatic rings. The van der Waals surface area contributed by atoms with Crippen molar-refractivity contribution in [3.05, 3.63) is 35.6 Å². The minimum Gasteiger partial charge on any atom is -0.357 e. The SMILES string of the molecule is CCCNC(=NCc1ccc(F)cc1)NCC.I. The Morgan fingerprint density at radius 3 is 2.39 bits per heavy atom. The van der Waals surface area contributed by atoms with Crippen molar-refractivity contribution in [3.63, 3.8) is 0 Å². The van der Waals surface area contributed by atoms with Crippen LogP contribution in [-0.2, 0) is 6.54 Å². The van der Waals surface area contributed by atoms with Gasteiger partial charge in [-0.05, 0) is 31.0 Å². The Labute approximate surface area is 125 Å². The third kappa shape index (κ3) is 6.78. The Bertz CT molecular complexity index is 352. The molecule has 0 radical (unpaired) electrons. The molecule has 0 aromatic heterocycles. The topological polar surface area (TPSA) is 36.4 Å². The van der Waals surface area contributed by atoms with Gasteiger partial charge >= 0.3 is 0 Å². The molecular formula is C13H21FIN3. The van der Waals surface area contributed by atoms with Crippen molar-refractivity contribution in [1.29, 1.82) is 0 Å². The van der Waals surface area contributed by atoms with Crippen molar-refractivity contribution in [2.45, 2.75) is 26.8 Å². The van der Waals surface area contributed by atoms with Gasteiger partial charge in [-0.25, -0.2) is 9.38 Å². The highest BCUT2D eigenvalue weighted by molar-refractivity contribution is 14.0. The van der Waals surface area contributed by atoms with Crippen LogP contribution in [0.3, 0.4) is 0 Å². The minimum absolute atomic E-state index is 0. The lowest BCUT2D eigenvalue weighted by Crippen LogP contribution is -2.37. The number of nitrogens with zero attached hydrogens (tertiary/aromatic N) is 1. The highest BCUT2D eigenvalue weighted by atomic mass is 127. The van der Waals surface area contributed by atoms with E-state index in [4.69, 9.17) is 0 Å². The fourth-order valence-corrected chi connectivity index (χ4v) is 1.35. The molecule has 3 nitrogen and oxygen atoms in total. The van der Waals surface area contributed by atoms with Crippen molar-refractivity contribution in [2.75, 3.05) is 13.1 Å². The van der Waals surface area contributed by atoms with Gasteiger partial charge in [0, 0.05) is 13.1 Å². The molecule has 0 heterocycles. The Balaban J connectivity index is 0.00000289. The fraction of sp³-hybridized carbons (Fsp3) is 0.462. The van der Waals surface area contributed by atoms with Crippen molar-refractivity contribution in [3.8, 4) is 0 Å². The highest BCUT2D eigenvalue weighted by Crippen LogP contribution is 2.03. The molecule has 0 unspecified atom stereocenters. The van der Waals surface area contributed by atoms with Gasteiger partial charge in [0.25, 0.3) is 0 Å². The largest absolute Gasteiger partial charge is 0.357 e. The number of hydrogen-bond acceptors (Lipinski definition) is 1. The average Bonchev–Trinajstić information content (AvgIpc) is 2.35. The molecule has 1 aromatic carbocycles. The first-order valence-corrected chi connectivity index (χ1v) is 6.03. The van der Waals surface area contributed by atoms with E-state index in [1.54, 1.807) is 12.1 Å². The minimum atomic E-state index is -0.214. The van der Waals surface area contributed by atoms with Crippen molar-refractivity contribution in [2.24, 2.45) is 4.99 Å². The van der Waals surface area contributed by atoms with Gasteiger partial charge in [-0.1, -0.05) is 19.1 Å². The summed E-state index contributed by atoms with van der Waals surface area (Å²) in [6.07, 6.45) is 1.06. The molecule has 0 amide bonds. The van der Waals surface area contributed by atoms with E-state index < -0.39 is 0 Å². The molecular weight excluding hydrogens is 344 g/mol. The van der Waals surface area contributed by atoms with Crippen LogP contribution in [0.25, 0.3) is 0 Å². The standard InChI is InChI=1S/C13H20FN3.HI/c1-3-9-16-13(15-4-2)17-10-11-5-7-12(14)8-6-11;/h5-8H,3-4,9-10H2,1-2H3,(H2,15,16,17);1H. The molecule has 18 heavy (non-hydrogen) atoms. The molecule has 0 fully saturated rings. The molecule has 0 bridgehead atoms. The Morgan fingerprint density at radius 2 is 1.83 bits per heavy atom. The molecule has 0 saturated carbocycles. The van der Waals surface area contributed by atoms with E-state index in [1.165, 1.54) is 12.1 Å². The molecule has 5 heteroatoms. The number of nitrogens with one attached hydrogen (secondary N) is 2. The van der Waals surface area contributed by atoms with Gasteiger partial charge < -0.3 is 10.6 Å². The van der Waals surface area contributed by atoms with Crippen LogP contribution in [0, 0.1) is 5.82 Å². The van der Waals surface area contributed by atoms with Crippen LogP contribution in [0.1, 0.15) is 25.8 Å². The predicted octanol–water partition coefficient (Wildman–Crippen LogP) is 2.91. The number of halogens is 2. The Hall–Kier alpha value is -0.850. The van der Waals surface area contributed by atoms with Gasteiger partial charge in [0.05, 0.1) is 6.54 Å². The smallest absolute Gasteiger partial charge is 0.191 e. The van der Waals surface area contributed by atoms with Crippen molar-refractivity contribution < 1.29 is 4.39 Å². The van der Waals surface area contributed by atoms with Gasteiger partial charge in [-0.15, -0.1) is 24.0 Å². The third-order valence-electron chi connectivity index (χ3n) is 2.22. The molecule has 1 rings (SSSR count). The van der Waals surface area contributed by atoms with Gasteiger partial charge in [0.15, 0.2) is 5.96 Å². The maximum Gasteiger partial charge on any atom is 0.191 e. The lowest BCUT2D eigenvalue weighted by atomic mass is 10.2. The zero-order chi connectivity index (χ0) is 12.5. The van der Waals surface area contributed by atoms with Gasteiger partial charge in [-0.2, -0.15) is 0 Å². The molecule has 0 aliphatic carbocycles. The predicted molar refractivity (Wildman–Crippen MR) is 84.9 cm³/mol. The summed E-state index contributed by atoms with van der Waals surface area (Å²) in [7, 11) is 0. The first-order valence-electron chi connectivity index (χ1n) is 6.03. The van der Waals surface area contributed by atoms with Crippen LogP contribution >= 0.6 is 24.0 Å². The molecule has 102 valence electrons. The van der Waals surface area contributed by atoms with E-state index in [9.17, 15) is 4.39 Å². The zero-order valence-electron chi connectivity index (χ0n) is 10.9. The summed E-state index contributed by atoms with van der Waals surface area (Å²) in [6.45, 7) is 6.42. The van der Waals surface area contributed by atoms with Crippen molar-refractivity contribution in [1.82, 2.24) is 10.6 Å². The Morgan fingerprint density at radius 1 is 1.17 bits per heavy atom. The van der Waals surface area contributed by atoms with E-state index in [0.29, 0.717) is 6.54 Å². The molecule has 0 spiro atoms. The van der Waals surface area contributed by atoms with Crippen molar-refractivity contribution >= 4 is 29.9 Å². The van der Waals surface area contributed by atoms with E-state index in [1.807, 2.05) is 6.92 Å². The maximum absolute atomic E-state index is 12.7. The van der Waals surface area contributed by atoms with Gasteiger partial charge in [0.1, 0.15) is 5.82 Å². The summed E-state index contributed by atoms with van der Waals surface area (Å²) in [5.41, 5.74) is 1.00. The van der Waals surface area contributed by atoms with E-state index >= 15 is 0 Å². The van der Waals surface area contributed by atoms with Crippen LogP contribution in [-0.4, -0.2) is 19.0 Å². The van der Waals surface area contributed by atoms with Gasteiger partial charge in [-0.3, -0.25) is 0 Å². The number of guanidine groups is 1. The lowest BCUT2D eigenvalue weighted by Gasteiger charge is -2.10. The second-order valence-electron chi connectivity index (χ2n) is 3.75. The summed E-state index contributed by atoms with van der Waals surface area (Å²) < 4.78 is 12.7. The average molecular weight is 365 g/mol. The Kier molecular flexibility index (Phi) is 9.63. The first-order chi connectivity index (χ1) is 8.26. The van der Waals surface area contributed by atoms with E-state index in [-0.39, 0.29) is 29.8 Å². The summed E-state index contributed by atoms with van der Waals surface area (Å²) in [4.78, 5) is 4.42. The van der Waals surface area contributed by atoms with Crippen LogP contribution in [0.2, 0.25) is 0 Å². The summed E-state index contributed by atoms with van der Waals surface area (Å²) >= 11 is 0. The lowest BCUT2D eigenvalue weighted by molar-refractivity contribution is 0.627. The molecule has 0 atom stereocenters. The quantitative estimate of drug-likeness (QED) is 0.478. The summed E-state index contributed by atoms with van der Waals surface area (Å²) in [6, 6.07) is 6.42. The summed E-state index contributed by atoms with van der Waals surface area (Å²) in [5, 5.41) is 6.38. The number of aliphatic imine (C=N–C) groups is 1. The van der Waals surface area contributed by atoms with E-state index in [2.05, 4.69) is 22.5 Å². The second-order valence-corrected chi connectivity index (χ2v) is 3.75. The zero-order valence-corrected chi connectivity index (χ0v) is 13.2. The van der Waals surface area contributed by atoms with Crippen LogP contribution in [0.5, 0.6) is 0 Å². The number of hydrogen-bond donors (Lipinski definition) is 2. The van der Waals surface area contributed by atoms with Gasteiger partial charge in [0.2, 0.25) is 0 Å². The van der Waals surface area contributed by atoms with Crippen LogP contribution in [0.15, 0.2) is 29.3 Å². The third-order valence-corrected chi connectivity index (χ3v) is 2.22. The molecule has 1 aromatic rings. The molecule has 0 aliphatic heterocycles. The van der Waals surface area contributed by atoms with E-state index in [0.717, 1.165) is 31.0 Å². The molecule has 0 saturated heterocycles. The van der Waals surface area contributed by atoms with Crippen LogP contribution in [0.4, 0.5) is 4.39 Å². The number of rotatable bonds is 5. The van der Waals surface area contributed by atoms with Crippen LogP contribution < -0.4 is 10.6 Å². The first kappa shape index (κ1) is 17.2. The fourth-order valence-electron chi connectivity index (χ4n) is 1.35. The maximum atomic E-state index is 12.7. The monoisotopic (exact) mass is 365 g/mol. The highest BCUT2D eigenvalue weighted by Gasteiger charge is 1.96. The summed E-state index contributed by atoms with van der Waals surface area (Å²) in [5.74, 6) is 0.590. The molecule has 2 N–H and O–H groups in total. The second kappa shape index (κ2) is 10.1. The number of benzene rings is 1. The normalized spacial score (nSPS) is 10.7.